The van der Waals surface area contributed by atoms with Crippen LogP contribution in [0.3, 0.4) is 0 Å². The molecule has 2 aromatic rings. The minimum Gasteiger partial charge on any atom is -0.462 e. The molecule has 0 aliphatic carbocycles. The van der Waals surface area contributed by atoms with E-state index in [1.807, 2.05) is 30.3 Å². The average molecular weight is 364 g/mol. The minimum absolute atomic E-state index is 0.331. The Morgan fingerprint density at radius 3 is 2.12 bits per heavy atom. The first kappa shape index (κ1) is 20.8. The topological polar surface area (TPSA) is 104 Å². The molecule has 0 aliphatic rings. The average Bonchev–Trinajstić information content (AvgIpc) is 2.54. The highest BCUT2D eigenvalue weighted by molar-refractivity contribution is 7.45. The summed E-state index contributed by atoms with van der Waals surface area (Å²) in [6.45, 7) is 5.59. The highest BCUT2D eigenvalue weighted by atomic mass is 31.2. The van der Waals surface area contributed by atoms with Crippen LogP contribution in [-0.2, 0) is 20.5 Å². The van der Waals surface area contributed by atoms with E-state index in [2.05, 4.69) is 30.8 Å². The summed E-state index contributed by atoms with van der Waals surface area (Å²) in [6.07, 6.45) is 0.698. The molecule has 2 rings (SSSR count). The van der Waals surface area contributed by atoms with E-state index in [0.29, 0.717) is 18.6 Å². The Balaban J connectivity index is 0.000000550. The fourth-order valence-electron chi connectivity index (χ4n) is 2.01. The zero-order valence-corrected chi connectivity index (χ0v) is 14.7. The van der Waals surface area contributed by atoms with Crippen LogP contribution in [0.1, 0.15) is 12.5 Å². The lowest BCUT2D eigenvalue weighted by Crippen LogP contribution is -2.08. The van der Waals surface area contributed by atoms with E-state index in [9.17, 15) is 4.79 Å². The second-order valence-electron chi connectivity index (χ2n) is 5.20. The van der Waals surface area contributed by atoms with Crippen molar-refractivity contribution in [1.29, 1.82) is 0 Å². The van der Waals surface area contributed by atoms with Gasteiger partial charge in [-0.1, -0.05) is 61.2 Å². The van der Waals surface area contributed by atoms with Crippen molar-refractivity contribution in [3.63, 3.8) is 0 Å². The highest BCUT2D eigenvalue weighted by Crippen LogP contribution is 2.26. The molecule has 2 aromatic carbocycles. The van der Waals surface area contributed by atoms with E-state index < -0.39 is 7.82 Å². The number of hydrogen-bond donors (Lipinski definition) is 3. The minimum atomic E-state index is -4.64. The number of carbonyl (C=O) groups is 1. The van der Waals surface area contributed by atoms with Gasteiger partial charge in [-0.2, -0.15) is 0 Å². The summed E-state index contributed by atoms with van der Waals surface area (Å²) < 4.78 is 14.0. The Bertz CT molecular complexity index is 743. The molecular weight excluding hydrogens is 343 g/mol. The van der Waals surface area contributed by atoms with Crippen LogP contribution in [0.4, 0.5) is 0 Å². The zero-order valence-electron chi connectivity index (χ0n) is 13.8. The Kier molecular flexibility index (Phi) is 8.25. The van der Waals surface area contributed by atoms with Crippen LogP contribution in [0.5, 0.6) is 0 Å². The van der Waals surface area contributed by atoms with E-state index in [-0.39, 0.29) is 5.97 Å². The van der Waals surface area contributed by atoms with Crippen LogP contribution in [-0.4, -0.2) is 27.3 Å². The molecule has 0 heterocycles. The fraction of sp³-hybridized carbons (Fsp3) is 0.167. The van der Waals surface area contributed by atoms with Gasteiger partial charge in [-0.3, -0.25) is 0 Å². The van der Waals surface area contributed by atoms with Crippen LogP contribution in [0.15, 0.2) is 66.7 Å². The number of benzene rings is 2. The maximum absolute atomic E-state index is 11.4. The molecule has 25 heavy (non-hydrogen) atoms. The van der Waals surface area contributed by atoms with Gasteiger partial charge in [0.1, 0.15) is 0 Å². The Morgan fingerprint density at radius 1 is 1.04 bits per heavy atom. The second kappa shape index (κ2) is 9.91. The quantitative estimate of drug-likeness (QED) is 0.428. The predicted molar refractivity (Wildman–Crippen MR) is 95.6 cm³/mol. The summed E-state index contributed by atoms with van der Waals surface area (Å²) in [5.41, 5.74) is 3.96. The number of ether oxygens (including phenoxy) is 1. The van der Waals surface area contributed by atoms with Crippen molar-refractivity contribution in [2.45, 2.75) is 13.3 Å². The van der Waals surface area contributed by atoms with Gasteiger partial charge in [0, 0.05) is 12.0 Å². The molecule has 0 aliphatic heterocycles. The maximum Gasteiger partial charge on any atom is 0.466 e. The second-order valence-corrected chi connectivity index (χ2v) is 6.23. The standard InChI is InChI=1S/C18H18O2.H3O4P/c1-14(2)18(19)20-13-12-16-10-6-7-11-17(16)15-8-4-3-5-9-15;1-5(2,3)4/h3-11H,1,12-13H2,2H3;(H3,1,2,3,4). The summed E-state index contributed by atoms with van der Waals surface area (Å²) in [5, 5.41) is 0. The molecule has 0 saturated carbocycles. The fourth-order valence-corrected chi connectivity index (χ4v) is 2.01. The van der Waals surface area contributed by atoms with Gasteiger partial charge in [-0.05, 0) is 23.6 Å². The molecule has 3 N–H and O–H groups in total. The number of carbonyl (C=O) groups excluding carboxylic acids is 1. The number of hydrogen-bond acceptors (Lipinski definition) is 3. The molecule has 0 aromatic heterocycles. The number of rotatable bonds is 5. The number of esters is 1. The highest BCUT2D eigenvalue weighted by Gasteiger charge is 2.06. The molecule has 0 amide bonds. The largest absolute Gasteiger partial charge is 0.466 e. The number of phosphoric acid groups is 1. The lowest BCUT2D eigenvalue weighted by molar-refractivity contribution is -0.138. The van der Waals surface area contributed by atoms with Crippen LogP contribution in [0.25, 0.3) is 11.1 Å². The van der Waals surface area contributed by atoms with Gasteiger partial charge in [-0.25, -0.2) is 9.36 Å². The van der Waals surface area contributed by atoms with Crippen molar-refractivity contribution in [2.75, 3.05) is 6.61 Å². The van der Waals surface area contributed by atoms with E-state index in [1.165, 1.54) is 16.7 Å². The van der Waals surface area contributed by atoms with Crippen molar-refractivity contribution in [2.24, 2.45) is 0 Å². The van der Waals surface area contributed by atoms with Crippen LogP contribution < -0.4 is 0 Å². The molecular formula is C18H21O6P. The lowest BCUT2D eigenvalue weighted by atomic mass is 9.98. The zero-order chi connectivity index (χ0) is 18.9. The van der Waals surface area contributed by atoms with E-state index in [4.69, 9.17) is 24.0 Å². The first-order valence-electron chi connectivity index (χ1n) is 7.42. The van der Waals surface area contributed by atoms with Crippen molar-refractivity contribution in [1.82, 2.24) is 0 Å². The van der Waals surface area contributed by atoms with Crippen LogP contribution >= 0.6 is 7.82 Å². The third kappa shape index (κ3) is 8.98. The summed E-state index contributed by atoms with van der Waals surface area (Å²) in [5.74, 6) is -0.331. The molecule has 0 atom stereocenters. The predicted octanol–water partition coefficient (Wildman–Crippen LogP) is 3.09. The molecule has 0 bridgehead atoms. The molecule has 6 nitrogen and oxygen atoms in total. The maximum atomic E-state index is 11.4. The van der Waals surface area contributed by atoms with Gasteiger partial charge in [0.25, 0.3) is 0 Å². The van der Waals surface area contributed by atoms with Gasteiger partial charge in [0.2, 0.25) is 0 Å². The Labute approximate surface area is 146 Å². The lowest BCUT2D eigenvalue weighted by Gasteiger charge is -2.10. The van der Waals surface area contributed by atoms with E-state index in [0.717, 1.165) is 0 Å². The van der Waals surface area contributed by atoms with Crippen LogP contribution in [0.2, 0.25) is 0 Å². The van der Waals surface area contributed by atoms with Gasteiger partial charge in [0.15, 0.2) is 0 Å². The SMILES string of the molecule is C=C(C)C(=O)OCCc1ccccc1-c1ccccc1.O=P(O)(O)O. The summed E-state index contributed by atoms with van der Waals surface area (Å²) in [7, 11) is -4.64. The Hall–Kier alpha value is -2.24. The molecule has 7 heteroatoms. The van der Waals surface area contributed by atoms with Gasteiger partial charge in [0.05, 0.1) is 6.61 Å². The van der Waals surface area contributed by atoms with Crippen molar-refractivity contribution >= 4 is 13.8 Å². The van der Waals surface area contributed by atoms with Crippen molar-refractivity contribution < 1.29 is 28.8 Å². The molecule has 0 saturated heterocycles. The monoisotopic (exact) mass is 364 g/mol. The third-order valence-corrected chi connectivity index (χ3v) is 3.06. The van der Waals surface area contributed by atoms with Crippen molar-refractivity contribution in [3.05, 3.63) is 72.3 Å². The summed E-state index contributed by atoms with van der Waals surface area (Å²) in [6, 6.07) is 18.4. The molecule has 0 radical (unpaired) electrons. The molecule has 0 unspecified atom stereocenters. The Morgan fingerprint density at radius 2 is 1.56 bits per heavy atom. The third-order valence-electron chi connectivity index (χ3n) is 3.06. The van der Waals surface area contributed by atoms with Gasteiger partial charge in [-0.15, -0.1) is 0 Å². The molecule has 134 valence electrons. The van der Waals surface area contributed by atoms with Gasteiger partial charge >= 0.3 is 13.8 Å². The summed E-state index contributed by atoms with van der Waals surface area (Å²) in [4.78, 5) is 32.9. The van der Waals surface area contributed by atoms with Crippen molar-refractivity contribution in [3.8, 4) is 11.1 Å². The van der Waals surface area contributed by atoms with Crippen LogP contribution in [0, 0.1) is 0 Å². The van der Waals surface area contributed by atoms with E-state index in [1.54, 1.807) is 6.92 Å². The normalized spacial score (nSPS) is 10.4. The smallest absolute Gasteiger partial charge is 0.462 e. The van der Waals surface area contributed by atoms with Gasteiger partial charge < -0.3 is 19.4 Å². The molecule has 0 fully saturated rings. The van der Waals surface area contributed by atoms with E-state index >= 15 is 0 Å². The first-order valence-corrected chi connectivity index (χ1v) is 8.99. The summed E-state index contributed by atoms with van der Waals surface area (Å²) >= 11 is 0. The molecule has 0 spiro atoms. The first-order chi connectivity index (χ1) is 11.7.